The van der Waals surface area contributed by atoms with Crippen molar-refractivity contribution < 1.29 is 9.90 Å². The van der Waals surface area contributed by atoms with Crippen molar-refractivity contribution in [1.82, 2.24) is 9.55 Å². The van der Waals surface area contributed by atoms with Gasteiger partial charge in [0.1, 0.15) is 5.82 Å². The Labute approximate surface area is 118 Å². The lowest BCUT2D eigenvalue weighted by atomic mass is 10.1. The Morgan fingerprint density at radius 3 is 2.80 bits per heavy atom. The molecule has 4 heteroatoms. The van der Waals surface area contributed by atoms with Gasteiger partial charge in [-0.25, -0.2) is 9.78 Å². The highest BCUT2D eigenvalue weighted by Crippen LogP contribution is 2.35. The van der Waals surface area contributed by atoms with Crippen molar-refractivity contribution in [2.75, 3.05) is 0 Å². The van der Waals surface area contributed by atoms with Crippen molar-refractivity contribution in [3.63, 3.8) is 0 Å². The number of aromatic nitrogens is 2. The van der Waals surface area contributed by atoms with E-state index in [0.29, 0.717) is 11.5 Å². The van der Waals surface area contributed by atoms with Gasteiger partial charge in [-0.15, -0.1) is 0 Å². The molecule has 1 aliphatic rings. The van der Waals surface area contributed by atoms with Gasteiger partial charge in [-0.1, -0.05) is 19.8 Å². The number of rotatable bonds is 4. The van der Waals surface area contributed by atoms with Crippen molar-refractivity contribution in [3.8, 4) is 0 Å². The molecule has 20 heavy (non-hydrogen) atoms. The summed E-state index contributed by atoms with van der Waals surface area (Å²) in [7, 11) is 0. The molecule has 3 rings (SSSR count). The summed E-state index contributed by atoms with van der Waals surface area (Å²) in [6.45, 7) is 3.12. The zero-order chi connectivity index (χ0) is 14.1. The second kappa shape index (κ2) is 5.27. The highest BCUT2D eigenvalue weighted by atomic mass is 16.4. The van der Waals surface area contributed by atoms with Crippen molar-refractivity contribution in [3.05, 3.63) is 29.6 Å². The number of carboxylic acid groups (broad SMARTS) is 1. The van der Waals surface area contributed by atoms with Gasteiger partial charge >= 0.3 is 5.97 Å². The van der Waals surface area contributed by atoms with E-state index in [0.717, 1.165) is 29.8 Å². The molecule has 0 radical (unpaired) electrons. The second-order valence-electron chi connectivity index (χ2n) is 5.61. The Balaban J connectivity index is 2.12. The summed E-state index contributed by atoms with van der Waals surface area (Å²) in [5.74, 6) is 0.809. The molecule has 0 unspecified atom stereocenters. The number of hydrogen-bond donors (Lipinski definition) is 1. The fourth-order valence-electron chi connectivity index (χ4n) is 3.24. The molecule has 0 aliphatic heterocycles. The largest absolute Gasteiger partial charge is 0.478 e. The molecular formula is C16H20N2O2. The van der Waals surface area contributed by atoms with E-state index < -0.39 is 5.97 Å². The van der Waals surface area contributed by atoms with Crippen LogP contribution in [0.4, 0.5) is 0 Å². The quantitative estimate of drug-likeness (QED) is 0.921. The molecule has 1 fully saturated rings. The smallest absolute Gasteiger partial charge is 0.335 e. The topological polar surface area (TPSA) is 55.1 Å². The predicted molar refractivity (Wildman–Crippen MR) is 78.2 cm³/mol. The van der Waals surface area contributed by atoms with Gasteiger partial charge in [0, 0.05) is 12.5 Å². The van der Waals surface area contributed by atoms with Gasteiger partial charge in [0.2, 0.25) is 0 Å². The van der Waals surface area contributed by atoms with E-state index in [1.165, 1.54) is 25.7 Å². The summed E-state index contributed by atoms with van der Waals surface area (Å²) in [5, 5.41) is 9.10. The third-order valence-electron chi connectivity index (χ3n) is 4.19. The normalized spacial score (nSPS) is 16.1. The SMILES string of the molecule is CCCn1c(C2CCCC2)nc2cc(C(=O)O)ccc21. The Morgan fingerprint density at radius 1 is 1.40 bits per heavy atom. The molecule has 1 aromatic carbocycles. The van der Waals surface area contributed by atoms with Crippen LogP contribution in [0.2, 0.25) is 0 Å². The Kier molecular flexibility index (Phi) is 3.47. The van der Waals surface area contributed by atoms with E-state index in [2.05, 4.69) is 11.5 Å². The van der Waals surface area contributed by atoms with Crippen LogP contribution < -0.4 is 0 Å². The highest BCUT2D eigenvalue weighted by molar-refractivity contribution is 5.92. The number of hydrogen-bond acceptors (Lipinski definition) is 2. The lowest BCUT2D eigenvalue weighted by molar-refractivity contribution is 0.0697. The summed E-state index contributed by atoms with van der Waals surface area (Å²) in [4.78, 5) is 15.8. The van der Waals surface area contributed by atoms with Gasteiger partial charge in [0.15, 0.2) is 0 Å². The number of carboxylic acids is 1. The Morgan fingerprint density at radius 2 is 2.15 bits per heavy atom. The fraction of sp³-hybridized carbons (Fsp3) is 0.500. The first-order valence-electron chi connectivity index (χ1n) is 7.44. The molecule has 0 saturated heterocycles. The van der Waals surface area contributed by atoms with Crippen LogP contribution in [0.3, 0.4) is 0 Å². The number of benzene rings is 1. The van der Waals surface area contributed by atoms with E-state index in [4.69, 9.17) is 10.1 Å². The molecule has 0 spiro atoms. The maximum atomic E-state index is 11.1. The van der Waals surface area contributed by atoms with Gasteiger partial charge < -0.3 is 9.67 Å². The van der Waals surface area contributed by atoms with Gasteiger partial charge in [-0.2, -0.15) is 0 Å². The molecular weight excluding hydrogens is 252 g/mol. The van der Waals surface area contributed by atoms with Crippen LogP contribution >= 0.6 is 0 Å². The molecule has 1 aliphatic carbocycles. The molecule has 106 valence electrons. The van der Waals surface area contributed by atoms with E-state index >= 15 is 0 Å². The summed E-state index contributed by atoms with van der Waals surface area (Å²) in [5.41, 5.74) is 2.20. The van der Waals surface area contributed by atoms with Crippen LogP contribution in [0.5, 0.6) is 0 Å². The molecule has 0 bridgehead atoms. The highest BCUT2D eigenvalue weighted by Gasteiger charge is 2.23. The third-order valence-corrected chi connectivity index (χ3v) is 4.19. The van der Waals surface area contributed by atoms with Crippen molar-refractivity contribution >= 4 is 17.0 Å². The third kappa shape index (κ3) is 2.19. The van der Waals surface area contributed by atoms with Crippen molar-refractivity contribution in [2.45, 2.75) is 51.5 Å². The Hall–Kier alpha value is -1.84. The van der Waals surface area contributed by atoms with Crippen LogP contribution in [0.1, 0.15) is 61.1 Å². The minimum atomic E-state index is -0.889. The first kappa shape index (κ1) is 13.2. The van der Waals surface area contributed by atoms with E-state index in [1.807, 2.05) is 6.07 Å². The van der Waals surface area contributed by atoms with Gasteiger partial charge in [0.05, 0.1) is 16.6 Å². The maximum absolute atomic E-state index is 11.1. The summed E-state index contributed by atoms with van der Waals surface area (Å²) in [6.07, 6.45) is 6.03. The molecule has 1 N–H and O–H groups in total. The molecule has 4 nitrogen and oxygen atoms in total. The minimum Gasteiger partial charge on any atom is -0.478 e. The zero-order valence-corrected chi connectivity index (χ0v) is 11.8. The fourth-order valence-corrected chi connectivity index (χ4v) is 3.24. The predicted octanol–water partition coefficient (Wildman–Crippen LogP) is 3.80. The molecule has 2 aromatic rings. The van der Waals surface area contributed by atoms with Gasteiger partial charge in [-0.05, 0) is 37.5 Å². The monoisotopic (exact) mass is 272 g/mol. The molecule has 0 atom stereocenters. The van der Waals surface area contributed by atoms with Crippen LogP contribution in [0.15, 0.2) is 18.2 Å². The standard InChI is InChI=1S/C16H20N2O2/c1-2-9-18-14-8-7-12(16(19)20)10-13(14)17-15(18)11-5-3-4-6-11/h7-8,10-11H,2-6,9H2,1H3,(H,19,20). The van der Waals surface area contributed by atoms with E-state index in [-0.39, 0.29) is 0 Å². The molecule has 1 saturated carbocycles. The Bertz CT molecular complexity index is 639. The number of aromatic carboxylic acids is 1. The summed E-state index contributed by atoms with van der Waals surface area (Å²) >= 11 is 0. The van der Waals surface area contributed by atoms with Gasteiger partial charge in [0.25, 0.3) is 0 Å². The van der Waals surface area contributed by atoms with E-state index in [1.54, 1.807) is 12.1 Å². The number of aryl methyl sites for hydroxylation is 1. The average molecular weight is 272 g/mol. The molecule has 0 amide bonds. The lowest BCUT2D eigenvalue weighted by Gasteiger charge is -2.12. The lowest BCUT2D eigenvalue weighted by Crippen LogP contribution is -2.06. The zero-order valence-electron chi connectivity index (χ0n) is 11.8. The van der Waals surface area contributed by atoms with Gasteiger partial charge in [-0.3, -0.25) is 0 Å². The summed E-state index contributed by atoms with van der Waals surface area (Å²) < 4.78 is 2.29. The second-order valence-corrected chi connectivity index (χ2v) is 5.61. The van der Waals surface area contributed by atoms with Crippen LogP contribution in [0.25, 0.3) is 11.0 Å². The van der Waals surface area contributed by atoms with Crippen molar-refractivity contribution in [2.24, 2.45) is 0 Å². The van der Waals surface area contributed by atoms with Crippen LogP contribution in [-0.4, -0.2) is 20.6 Å². The first-order valence-corrected chi connectivity index (χ1v) is 7.44. The number of carbonyl (C=O) groups is 1. The first-order chi connectivity index (χ1) is 9.70. The minimum absolute atomic E-state index is 0.316. The molecule has 1 aromatic heterocycles. The maximum Gasteiger partial charge on any atom is 0.335 e. The van der Waals surface area contributed by atoms with E-state index in [9.17, 15) is 4.79 Å². The molecule has 1 heterocycles. The number of imidazole rings is 1. The average Bonchev–Trinajstić information content (AvgIpc) is 3.06. The number of nitrogens with zero attached hydrogens (tertiary/aromatic N) is 2. The summed E-state index contributed by atoms with van der Waals surface area (Å²) in [6, 6.07) is 5.28. The van der Waals surface area contributed by atoms with Crippen LogP contribution in [-0.2, 0) is 6.54 Å². The number of fused-ring (bicyclic) bond motifs is 1. The van der Waals surface area contributed by atoms with Crippen LogP contribution in [0, 0.1) is 0 Å². The van der Waals surface area contributed by atoms with Crippen molar-refractivity contribution in [1.29, 1.82) is 0 Å².